The summed E-state index contributed by atoms with van der Waals surface area (Å²) in [6, 6.07) is 0. The summed E-state index contributed by atoms with van der Waals surface area (Å²) in [5.41, 5.74) is 0.137. The highest BCUT2D eigenvalue weighted by molar-refractivity contribution is 5.92. The molecule has 0 heterocycles. The standard InChI is InChI=1S/C25H32O5/c1-5-24-11-9-20-19(21(24)10-12-25(24,6-2)30-16(4)27)8-7-17-13-18(28)14-22(23(17)20)29-15(3)26/h2,13,19-23H,5,7-12,14H2,1,3-4H3/t19-,20+,21+,22+,23+,24+,25+/m1/s1. The van der Waals surface area contributed by atoms with Crippen LogP contribution in [0.5, 0.6) is 0 Å². The van der Waals surface area contributed by atoms with Crippen LogP contribution in [0.4, 0.5) is 0 Å². The Morgan fingerprint density at radius 2 is 1.93 bits per heavy atom. The Hall–Kier alpha value is -2.09. The number of ether oxygens (including phenoxy) is 2. The highest BCUT2D eigenvalue weighted by atomic mass is 16.6. The summed E-state index contributed by atoms with van der Waals surface area (Å²) in [7, 11) is 0. The second kappa shape index (κ2) is 7.55. The molecule has 0 aliphatic heterocycles. The quantitative estimate of drug-likeness (QED) is 0.518. The number of esters is 2. The van der Waals surface area contributed by atoms with Crippen LogP contribution >= 0.6 is 0 Å². The zero-order valence-corrected chi connectivity index (χ0v) is 18.2. The summed E-state index contributed by atoms with van der Waals surface area (Å²) in [5.74, 6) is 3.68. The Kier molecular flexibility index (Phi) is 5.33. The average molecular weight is 413 g/mol. The van der Waals surface area contributed by atoms with Crippen molar-refractivity contribution in [2.45, 2.75) is 83.8 Å². The number of terminal acetylenes is 1. The molecule has 0 N–H and O–H groups in total. The van der Waals surface area contributed by atoms with Gasteiger partial charge in [-0.2, -0.15) is 0 Å². The molecule has 0 bridgehead atoms. The van der Waals surface area contributed by atoms with Crippen molar-refractivity contribution < 1.29 is 23.9 Å². The van der Waals surface area contributed by atoms with Gasteiger partial charge in [0.1, 0.15) is 6.10 Å². The maximum atomic E-state index is 12.2. The molecule has 3 saturated carbocycles. The molecule has 0 aromatic carbocycles. The average Bonchev–Trinajstić information content (AvgIpc) is 3.01. The second-order valence-electron chi connectivity index (χ2n) is 9.69. The van der Waals surface area contributed by atoms with E-state index in [1.165, 1.54) is 13.8 Å². The van der Waals surface area contributed by atoms with Crippen molar-refractivity contribution in [1.29, 1.82) is 0 Å². The van der Waals surface area contributed by atoms with Gasteiger partial charge in [-0.3, -0.25) is 14.4 Å². The fourth-order valence-electron chi connectivity index (χ4n) is 7.74. The molecular weight excluding hydrogens is 380 g/mol. The Bertz CT molecular complexity index is 835. The van der Waals surface area contributed by atoms with Crippen molar-refractivity contribution in [3.05, 3.63) is 11.6 Å². The largest absolute Gasteiger partial charge is 0.461 e. The number of fused-ring (bicyclic) bond motifs is 5. The molecule has 30 heavy (non-hydrogen) atoms. The molecule has 162 valence electrons. The minimum atomic E-state index is -0.822. The first-order valence-corrected chi connectivity index (χ1v) is 11.3. The van der Waals surface area contributed by atoms with E-state index in [2.05, 4.69) is 12.8 Å². The maximum absolute atomic E-state index is 12.2. The predicted molar refractivity (Wildman–Crippen MR) is 111 cm³/mol. The first-order chi connectivity index (χ1) is 14.3. The van der Waals surface area contributed by atoms with E-state index in [1.807, 2.05) is 6.08 Å². The molecule has 5 heteroatoms. The number of carbonyl (C=O) groups excluding carboxylic acids is 3. The lowest BCUT2D eigenvalue weighted by molar-refractivity contribution is -0.172. The number of rotatable bonds is 3. The number of carbonyl (C=O) groups is 3. The van der Waals surface area contributed by atoms with E-state index < -0.39 is 5.60 Å². The summed E-state index contributed by atoms with van der Waals surface area (Å²) in [6.07, 6.45) is 14.0. The van der Waals surface area contributed by atoms with Crippen LogP contribution in [0, 0.1) is 41.4 Å². The van der Waals surface area contributed by atoms with Crippen LogP contribution in [0.15, 0.2) is 11.6 Å². The van der Waals surface area contributed by atoms with E-state index in [0.29, 0.717) is 24.2 Å². The van der Waals surface area contributed by atoms with Crippen molar-refractivity contribution in [3.8, 4) is 12.3 Å². The monoisotopic (exact) mass is 412 g/mol. The molecule has 3 fully saturated rings. The zero-order chi connectivity index (χ0) is 21.7. The SMILES string of the molecule is C#C[C@]1(OC(C)=O)CC[C@H]2[C@@H]3CCC4=CC(=O)C[C@H](OC(C)=O)[C@@H]4[C@H]3CC[C@@]21CC. The molecule has 7 atom stereocenters. The summed E-state index contributed by atoms with van der Waals surface area (Å²) >= 11 is 0. The lowest BCUT2D eigenvalue weighted by Crippen LogP contribution is -2.56. The molecule has 4 aliphatic rings. The summed E-state index contributed by atoms with van der Waals surface area (Å²) in [4.78, 5) is 35.9. The van der Waals surface area contributed by atoms with Gasteiger partial charge in [0, 0.05) is 31.6 Å². The third-order valence-corrected chi connectivity index (χ3v) is 8.62. The zero-order valence-electron chi connectivity index (χ0n) is 18.2. The minimum Gasteiger partial charge on any atom is -0.461 e. The van der Waals surface area contributed by atoms with Gasteiger partial charge in [-0.25, -0.2) is 0 Å². The maximum Gasteiger partial charge on any atom is 0.304 e. The normalized spacial score (nSPS) is 42.1. The van der Waals surface area contributed by atoms with Crippen LogP contribution in [0.3, 0.4) is 0 Å². The molecular formula is C25H32O5. The second-order valence-corrected chi connectivity index (χ2v) is 9.69. The highest BCUT2D eigenvalue weighted by Crippen LogP contribution is 2.67. The van der Waals surface area contributed by atoms with E-state index in [-0.39, 0.29) is 41.6 Å². The fraction of sp³-hybridized carbons (Fsp3) is 0.720. The Morgan fingerprint density at radius 1 is 1.17 bits per heavy atom. The van der Waals surface area contributed by atoms with Gasteiger partial charge in [0.05, 0.1) is 0 Å². The summed E-state index contributed by atoms with van der Waals surface area (Å²) in [5, 5.41) is 0. The summed E-state index contributed by atoms with van der Waals surface area (Å²) in [6.45, 7) is 5.04. The van der Waals surface area contributed by atoms with Crippen LogP contribution < -0.4 is 0 Å². The molecule has 0 radical (unpaired) electrons. The molecule has 0 amide bonds. The number of ketones is 1. The van der Waals surface area contributed by atoms with Crippen molar-refractivity contribution >= 4 is 17.7 Å². The van der Waals surface area contributed by atoms with E-state index in [4.69, 9.17) is 15.9 Å². The van der Waals surface area contributed by atoms with Crippen molar-refractivity contribution in [2.75, 3.05) is 0 Å². The summed E-state index contributed by atoms with van der Waals surface area (Å²) < 4.78 is 11.5. The first-order valence-electron chi connectivity index (χ1n) is 11.3. The Labute approximate surface area is 178 Å². The third-order valence-electron chi connectivity index (χ3n) is 8.62. The van der Waals surface area contributed by atoms with Crippen molar-refractivity contribution in [3.63, 3.8) is 0 Å². The van der Waals surface area contributed by atoms with Crippen molar-refractivity contribution in [1.82, 2.24) is 0 Å². The Morgan fingerprint density at radius 3 is 2.57 bits per heavy atom. The van der Waals surface area contributed by atoms with Gasteiger partial charge in [0.2, 0.25) is 0 Å². The fourth-order valence-corrected chi connectivity index (χ4v) is 7.74. The van der Waals surface area contributed by atoms with Crippen molar-refractivity contribution in [2.24, 2.45) is 29.1 Å². The third kappa shape index (κ3) is 3.02. The topological polar surface area (TPSA) is 69.7 Å². The number of hydrogen-bond acceptors (Lipinski definition) is 5. The van der Waals surface area contributed by atoms with Gasteiger partial charge in [-0.15, -0.1) is 6.42 Å². The predicted octanol–water partition coefficient (Wildman–Crippen LogP) is 4.00. The smallest absolute Gasteiger partial charge is 0.304 e. The van der Waals surface area contributed by atoms with Crippen LogP contribution in [-0.2, 0) is 23.9 Å². The molecule has 4 rings (SSSR count). The molecule has 4 aliphatic carbocycles. The van der Waals surface area contributed by atoms with Gasteiger partial charge in [0.25, 0.3) is 0 Å². The molecule has 0 aromatic heterocycles. The lowest BCUT2D eigenvalue weighted by atomic mass is 9.49. The minimum absolute atomic E-state index is 0.0618. The van der Waals surface area contributed by atoms with Crippen LogP contribution in [0.2, 0.25) is 0 Å². The van der Waals surface area contributed by atoms with Crippen LogP contribution in [0.25, 0.3) is 0 Å². The van der Waals surface area contributed by atoms with Gasteiger partial charge in [-0.05, 0) is 68.8 Å². The molecule has 0 aromatic rings. The van der Waals surface area contributed by atoms with E-state index >= 15 is 0 Å². The molecule has 0 unspecified atom stereocenters. The van der Waals surface area contributed by atoms with Crippen LogP contribution in [0.1, 0.15) is 72.1 Å². The molecule has 5 nitrogen and oxygen atoms in total. The van der Waals surface area contributed by atoms with E-state index in [0.717, 1.165) is 44.1 Å². The number of hydrogen-bond donors (Lipinski definition) is 0. The van der Waals surface area contributed by atoms with Gasteiger partial charge in [0.15, 0.2) is 11.4 Å². The first kappa shape index (κ1) is 21.2. The lowest BCUT2D eigenvalue weighted by Gasteiger charge is -2.57. The van der Waals surface area contributed by atoms with Gasteiger partial charge >= 0.3 is 11.9 Å². The van der Waals surface area contributed by atoms with Gasteiger partial charge < -0.3 is 9.47 Å². The Balaban J connectivity index is 1.69. The highest BCUT2D eigenvalue weighted by Gasteiger charge is 2.66. The van der Waals surface area contributed by atoms with E-state index in [1.54, 1.807) is 0 Å². The van der Waals surface area contributed by atoms with E-state index in [9.17, 15) is 14.4 Å². The van der Waals surface area contributed by atoms with Crippen LogP contribution in [-0.4, -0.2) is 29.4 Å². The molecule has 0 spiro atoms. The van der Waals surface area contributed by atoms with Gasteiger partial charge in [-0.1, -0.05) is 18.4 Å². The molecule has 0 saturated heterocycles.